The predicted molar refractivity (Wildman–Crippen MR) is 178 cm³/mol. The Balaban J connectivity index is 1.75. The number of aromatic nitrogens is 1. The SMILES string of the molecule is COc1ccc(S(=O)(=O)[N+]2(C(=O)O)CC(Cl)N(c3ccncc3)C(c3ccccc3OC)C2C2C(=O)Nc3cc(C)ccc32)c(OC)c1. The molecule has 4 aromatic rings. The number of carbonyl (C=O) groups is 2. The minimum atomic E-state index is -5.00. The van der Waals surface area contributed by atoms with Gasteiger partial charge in [-0.1, -0.05) is 41.9 Å². The van der Waals surface area contributed by atoms with Crippen LogP contribution in [0.2, 0.25) is 0 Å². The lowest BCUT2D eigenvalue weighted by Crippen LogP contribution is -2.74. The molecular formula is C34H34ClN4O8S+. The lowest BCUT2D eigenvalue weighted by Gasteiger charge is -2.53. The predicted octanol–water partition coefficient (Wildman–Crippen LogP) is 5.53. The third-order valence-electron chi connectivity index (χ3n) is 9.07. The summed E-state index contributed by atoms with van der Waals surface area (Å²) in [5.74, 6) is -1.31. The fraction of sp³-hybridized carbons (Fsp3) is 0.265. The smallest absolute Gasteiger partial charge is 0.497 e. The zero-order chi connectivity index (χ0) is 34.4. The Morgan fingerprint density at radius 2 is 1.67 bits per heavy atom. The van der Waals surface area contributed by atoms with Crippen molar-refractivity contribution in [3.8, 4) is 17.2 Å². The summed E-state index contributed by atoms with van der Waals surface area (Å²) in [5.41, 5.74) is 1.52. The van der Waals surface area contributed by atoms with E-state index < -0.39 is 60.9 Å². The van der Waals surface area contributed by atoms with E-state index >= 15 is 8.42 Å². The lowest BCUT2D eigenvalue weighted by atomic mass is 9.81. The van der Waals surface area contributed by atoms with Crippen LogP contribution in [0.25, 0.3) is 0 Å². The van der Waals surface area contributed by atoms with Gasteiger partial charge >= 0.3 is 16.1 Å². The molecule has 0 saturated carbocycles. The van der Waals surface area contributed by atoms with Crippen molar-refractivity contribution in [1.82, 2.24) is 4.98 Å². The van der Waals surface area contributed by atoms with Crippen LogP contribution in [0.15, 0.2) is 90.1 Å². The topological polar surface area (TPSA) is 144 Å². The Labute approximate surface area is 283 Å². The molecule has 3 aromatic carbocycles. The van der Waals surface area contributed by atoms with Gasteiger partial charge in [0, 0.05) is 35.4 Å². The zero-order valence-electron chi connectivity index (χ0n) is 26.5. The van der Waals surface area contributed by atoms with Gasteiger partial charge < -0.3 is 29.5 Å². The van der Waals surface area contributed by atoms with E-state index in [1.807, 2.05) is 6.92 Å². The number of nitrogens with one attached hydrogen (secondary N) is 1. The monoisotopic (exact) mass is 693 g/mol. The molecule has 2 aliphatic heterocycles. The summed E-state index contributed by atoms with van der Waals surface area (Å²) < 4.78 is 45.5. The van der Waals surface area contributed by atoms with Crippen molar-refractivity contribution in [3.05, 3.63) is 102 Å². The van der Waals surface area contributed by atoms with Crippen LogP contribution in [-0.2, 0) is 14.8 Å². The summed E-state index contributed by atoms with van der Waals surface area (Å²) in [6, 6.07) is 16.9. The molecule has 2 amide bonds. The molecule has 2 aliphatic rings. The number of halogens is 1. The first kappa shape index (κ1) is 33.1. The summed E-state index contributed by atoms with van der Waals surface area (Å²) in [7, 11) is -0.841. The molecule has 1 fully saturated rings. The second-order valence-corrected chi connectivity index (χ2v) is 14.1. The number of carboxylic acid groups (broad SMARTS) is 1. The number of piperazine rings is 1. The van der Waals surface area contributed by atoms with Crippen LogP contribution < -0.4 is 24.4 Å². The molecule has 0 aliphatic carbocycles. The van der Waals surface area contributed by atoms with Crippen LogP contribution in [-0.4, -0.2) is 73.8 Å². The summed E-state index contributed by atoms with van der Waals surface area (Å²) in [6.07, 6.45) is 1.40. The van der Waals surface area contributed by atoms with E-state index in [9.17, 15) is 14.7 Å². The Morgan fingerprint density at radius 3 is 2.33 bits per heavy atom. The molecule has 0 radical (unpaired) electrons. The normalized spacial score (nSPS) is 23.6. The zero-order valence-corrected chi connectivity index (χ0v) is 28.1. The summed E-state index contributed by atoms with van der Waals surface area (Å²) >= 11 is 7.20. The second kappa shape index (κ2) is 12.6. The highest BCUT2D eigenvalue weighted by Crippen LogP contribution is 2.54. The minimum absolute atomic E-state index is 0.129. The van der Waals surface area contributed by atoms with Crippen molar-refractivity contribution in [3.63, 3.8) is 0 Å². The van der Waals surface area contributed by atoms with Gasteiger partial charge in [0.05, 0.1) is 21.3 Å². The minimum Gasteiger partial charge on any atom is -0.497 e. The molecule has 1 aromatic heterocycles. The molecule has 1 saturated heterocycles. The molecule has 0 bridgehead atoms. The van der Waals surface area contributed by atoms with Gasteiger partial charge in [0.15, 0.2) is 16.4 Å². The number of benzene rings is 3. The van der Waals surface area contributed by atoms with E-state index in [0.29, 0.717) is 34.0 Å². The number of hydrogen-bond donors (Lipinski definition) is 2. The Morgan fingerprint density at radius 1 is 0.958 bits per heavy atom. The van der Waals surface area contributed by atoms with E-state index in [4.69, 9.17) is 25.8 Å². The molecule has 3 heterocycles. The van der Waals surface area contributed by atoms with E-state index in [1.165, 1.54) is 39.5 Å². The summed E-state index contributed by atoms with van der Waals surface area (Å²) in [6.45, 7) is 1.21. The van der Waals surface area contributed by atoms with Crippen molar-refractivity contribution < 1.29 is 41.2 Å². The average molecular weight is 694 g/mol. The number of carbonyl (C=O) groups excluding carboxylic acids is 1. The first-order valence-corrected chi connectivity index (χ1v) is 16.8. The highest BCUT2D eigenvalue weighted by molar-refractivity contribution is 7.86. The molecule has 2 N–H and O–H groups in total. The highest BCUT2D eigenvalue weighted by Gasteiger charge is 2.69. The number of alkyl halides is 1. The van der Waals surface area contributed by atoms with E-state index in [2.05, 4.69) is 10.3 Å². The van der Waals surface area contributed by atoms with Gasteiger partial charge in [-0.25, -0.2) is 0 Å². The van der Waals surface area contributed by atoms with Crippen molar-refractivity contribution in [2.24, 2.45) is 0 Å². The first-order chi connectivity index (χ1) is 23.0. The van der Waals surface area contributed by atoms with Crippen LogP contribution in [0.5, 0.6) is 17.2 Å². The van der Waals surface area contributed by atoms with Crippen molar-refractivity contribution in [1.29, 1.82) is 0 Å². The van der Waals surface area contributed by atoms with E-state index in [0.717, 1.165) is 5.56 Å². The number of anilines is 2. The molecule has 0 spiro atoms. The van der Waals surface area contributed by atoms with Crippen LogP contribution in [0, 0.1) is 6.92 Å². The Hall–Kier alpha value is -4.85. The van der Waals surface area contributed by atoms with Crippen LogP contribution in [0.1, 0.15) is 28.7 Å². The number of nitrogens with zero attached hydrogens (tertiary/aromatic N) is 3. The molecule has 12 nitrogen and oxygen atoms in total. The van der Waals surface area contributed by atoms with Gasteiger partial charge in [-0.05, 0) is 54.4 Å². The number of hydrogen-bond acceptors (Lipinski definition) is 9. The van der Waals surface area contributed by atoms with Gasteiger partial charge in [0.2, 0.25) is 5.91 Å². The Bertz CT molecular complexity index is 2000. The van der Waals surface area contributed by atoms with E-state index in [1.54, 1.807) is 71.9 Å². The van der Waals surface area contributed by atoms with Gasteiger partial charge in [-0.15, -0.1) is 3.89 Å². The van der Waals surface area contributed by atoms with Gasteiger partial charge in [-0.3, -0.25) is 9.78 Å². The molecule has 14 heteroatoms. The third kappa shape index (κ3) is 5.09. The van der Waals surface area contributed by atoms with Crippen molar-refractivity contribution in [2.75, 3.05) is 38.1 Å². The maximum Gasteiger partial charge on any atom is 0.530 e. The number of fused-ring (bicyclic) bond motifs is 1. The van der Waals surface area contributed by atoms with Gasteiger partial charge in [-0.2, -0.15) is 13.2 Å². The Kier molecular flexibility index (Phi) is 8.71. The third-order valence-corrected chi connectivity index (χ3v) is 11.7. The number of para-hydroxylation sites is 1. The second-order valence-electron chi connectivity index (χ2n) is 11.5. The number of sulfonamides is 1. The molecule has 48 heavy (non-hydrogen) atoms. The average Bonchev–Trinajstić information content (AvgIpc) is 3.41. The standard InChI is InChI=1S/C34H33ClN4O8S/c1-20-9-11-23-25(17-20)37-33(40)30(23)32-31(24-7-5-6-8-26(24)46-3)38(21-13-15-36-16-14-21)29(35)19-39(32,34(41)42)48(43,44)28-12-10-22(45-2)18-27(28)47-4/h5-18,29-32H,19H2,1-4H3,(H-,37,40,41,42)/p+1. The molecule has 5 atom stereocenters. The number of methoxy groups -OCH3 is 3. The van der Waals surface area contributed by atoms with E-state index in [-0.39, 0.29) is 5.75 Å². The number of rotatable bonds is 8. The molecular weight excluding hydrogens is 660 g/mol. The maximum absolute atomic E-state index is 15.3. The number of aryl methyl sites for hydroxylation is 1. The number of pyridine rings is 1. The number of ether oxygens (including phenoxy) is 3. The molecule has 6 rings (SSSR count). The lowest BCUT2D eigenvalue weighted by molar-refractivity contribution is -0.769. The summed E-state index contributed by atoms with van der Waals surface area (Å²) in [4.78, 5) is 33.8. The fourth-order valence-electron chi connectivity index (χ4n) is 6.98. The number of quaternary nitrogens is 1. The van der Waals surface area contributed by atoms with Crippen LogP contribution in [0.3, 0.4) is 0 Å². The van der Waals surface area contributed by atoms with Gasteiger partial charge in [0.1, 0.15) is 35.8 Å². The van der Waals surface area contributed by atoms with Crippen molar-refractivity contribution in [2.45, 2.75) is 35.3 Å². The fourth-order valence-corrected chi connectivity index (χ4v) is 9.60. The van der Waals surface area contributed by atoms with Crippen molar-refractivity contribution >= 4 is 45.0 Å². The number of amides is 2. The molecule has 250 valence electrons. The van der Waals surface area contributed by atoms with Crippen LogP contribution in [0.4, 0.5) is 16.2 Å². The van der Waals surface area contributed by atoms with Crippen LogP contribution >= 0.6 is 11.6 Å². The highest BCUT2D eigenvalue weighted by atomic mass is 35.5. The summed E-state index contributed by atoms with van der Waals surface area (Å²) in [5, 5.41) is 14.3. The van der Waals surface area contributed by atoms with Gasteiger partial charge in [0.25, 0.3) is 0 Å². The maximum atomic E-state index is 15.3. The first-order valence-electron chi connectivity index (χ1n) is 15.0. The quantitative estimate of drug-likeness (QED) is 0.137. The largest absolute Gasteiger partial charge is 0.530 e. The molecule has 5 unspecified atom stereocenters.